The van der Waals surface area contributed by atoms with E-state index < -0.39 is 0 Å². The molecule has 19 heavy (non-hydrogen) atoms. The van der Waals surface area contributed by atoms with Crippen LogP contribution in [0.3, 0.4) is 0 Å². The van der Waals surface area contributed by atoms with Crippen molar-refractivity contribution in [2.24, 2.45) is 0 Å². The third-order valence-corrected chi connectivity index (χ3v) is 3.41. The van der Waals surface area contributed by atoms with Gasteiger partial charge in [-0.15, -0.1) is 0 Å². The number of thioether (sulfide) groups is 1. The van der Waals surface area contributed by atoms with E-state index in [1.807, 2.05) is 0 Å². The summed E-state index contributed by atoms with van der Waals surface area (Å²) in [5.74, 6) is 1.04. The number of nitrogens with one attached hydrogen (secondary N) is 1. The summed E-state index contributed by atoms with van der Waals surface area (Å²) in [4.78, 5) is 22.9. The van der Waals surface area contributed by atoms with Crippen molar-refractivity contribution in [2.75, 3.05) is 16.8 Å². The Labute approximate surface area is 117 Å². The first kappa shape index (κ1) is 15.3. The molecule has 0 fully saturated rings. The Balaban J connectivity index is 2.38. The van der Waals surface area contributed by atoms with Gasteiger partial charge in [0, 0.05) is 17.7 Å². The van der Waals surface area contributed by atoms with Gasteiger partial charge in [0.1, 0.15) is 0 Å². The smallest absolute Gasteiger partial charge is 0.234 e. The predicted octanol–water partition coefficient (Wildman–Crippen LogP) is 2.86. The van der Waals surface area contributed by atoms with E-state index in [1.165, 1.54) is 18.7 Å². The molecular weight excluding hydrogens is 260 g/mol. The molecule has 0 radical (unpaired) electrons. The zero-order chi connectivity index (χ0) is 14.1. The van der Waals surface area contributed by atoms with Gasteiger partial charge in [-0.05, 0) is 31.2 Å². The molecule has 1 aromatic rings. The SMILES string of the molecule is CC(=O)c1cccc(NC(=O)CSCCCC#N)c1. The average molecular weight is 276 g/mol. The first-order valence-corrected chi connectivity index (χ1v) is 7.14. The van der Waals surface area contributed by atoms with Crippen LogP contribution < -0.4 is 5.32 Å². The molecule has 100 valence electrons. The summed E-state index contributed by atoms with van der Waals surface area (Å²) in [5.41, 5.74) is 1.22. The number of hydrogen-bond acceptors (Lipinski definition) is 4. The molecule has 4 nitrogen and oxygen atoms in total. The van der Waals surface area contributed by atoms with Crippen LogP contribution >= 0.6 is 11.8 Å². The van der Waals surface area contributed by atoms with Crippen LogP contribution in [0.2, 0.25) is 0 Å². The van der Waals surface area contributed by atoms with Gasteiger partial charge in [0.2, 0.25) is 5.91 Å². The molecule has 1 aromatic carbocycles. The van der Waals surface area contributed by atoms with E-state index in [4.69, 9.17) is 5.26 Å². The molecule has 0 aliphatic heterocycles. The molecule has 0 heterocycles. The Bertz CT molecular complexity index is 494. The highest BCUT2D eigenvalue weighted by Gasteiger charge is 2.04. The average Bonchev–Trinajstić information content (AvgIpc) is 2.38. The number of carbonyl (C=O) groups excluding carboxylic acids is 2. The van der Waals surface area contributed by atoms with E-state index in [0.717, 1.165) is 12.2 Å². The fourth-order valence-electron chi connectivity index (χ4n) is 1.43. The van der Waals surface area contributed by atoms with E-state index in [-0.39, 0.29) is 11.7 Å². The van der Waals surface area contributed by atoms with Gasteiger partial charge in [-0.25, -0.2) is 0 Å². The Morgan fingerprint density at radius 2 is 2.21 bits per heavy atom. The van der Waals surface area contributed by atoms with E-state index in [0.29, 0.717) is 23.4 Å². The van der Waals surface area contributed by atoms with Crippen molar-refractivity contribution in [3.05, 3.63) is 29.8 Å². The lowest BCUT2D eigenvalue weighted by atomic mass is 10.1. The maximum Gasteiger partial charge on any atom is 0.234 e. The molecule has 0 bridgehead atoms. The normalized spacial score (nSPS) is 9.68. The van der Waals surface area contributed by atoms with Crippen molar-refractivity contribution in [1.82, 2.24) is 0 Å². The van der Waals surface area contributed by atoms with Gasteiger partial charge in [-0.2, -0.15) is 17.0 Å². The quantitative estimate of drug-likeness (QED) is 0.614. The zero-order valence-corrected chi connectivity index (χ0v) is 11.6. The van der Waals surface area contributed by atoms with Gasteiger partial charge in [-0.1, -0.05) is 12.1 Å². The van der Waals surface area contributed by atoms with E-state index in [1.54, 1.807) is 24.3 Å². The van der Waals surface area contributed by atoms with Crippen molar-refractivity contribution >= 4 is 29.1 Å². The summed E-state index contributed by atoms with van der Waals surface area (Å²) in [7, 11) is 0. The highest BCUT2D eigenvalue weighted by Crippen LogP contribution is 2.12. The number of rotatable bonds is 7. The summed E-state index contributed by atoms with van der Waals surface area (Å²) < 4.78 is 0. The van der Waals surface area contributed by atoms with Crippen LogP contribution in [0, 0.1) is 11.3 Å². The first-order valence-electron chi connectivity index (χ1n) is 5.99. The first-order chi connectivity index (χ1) is 9.13. The monoisotopic (exact) mass is 276 g/mol. The fraction of sp³-hybridized carbons (Fsp3) is 0.357. The lowest BCUT2D eigenvalue weighted by molar-refractivity contribution is -0.113. The van der Waals surface area contributed by atoms with Gasteiger partial charge in [0.15, 0.2) is 5.78 Å². The Morgan fingerprint density at radius 1 is 1.42 bits per heavy atom. The molecule has 0 aromatic heterocycles. The highest BCUT2D eigenvalue weighted by atomic mass is 32.2. The van der Waals surface area contributed by atoms with Crippen LogP contribution in [0.15, 0.2) is 24.3 Å². The maximum absolute atomic E-state index is 11.6. The van der Waals surface area contributed by atoms with Crippen LogP contribution in [0.25, 0.3) is 0 Å². The number of nitriles is 1. The topological polar surface area (TPSA) is 70.0 Å². The molecule has 5 heteroatoms. The molecule has 1 N–H and O–H groups in total. The Morgan fingerprint density at radius 3 is 2.89 bits per heavy atom. The van der Waals surface area contributed by atoms with Crippen molar-refractivity contribution in [3.63, 3.8) is 0 Å². The summed E-state index contributed by atoms with van der Waals surface area (Å²) >= 11 is 1.50. The number of amides is 1. The zero-order valence-electron chi connectivity index (χ0n) is 10.8. The van der Waals surface area contributed by atoms with Crippen LogP contribution in [-0.2, 0) is 4.79 Å². The highest BCUT2D eigenvalue weighted by molar-refractivity contribution is 7.99. The summed E-state index contributed by atoms with van der Waals surface area (Å²) in [6, 6.07) is 8.95. The lowest BCUT2D eigenvalue weighted by Crippen LogP contribution is -2.14. The van der Waals surface area contributed by atoms with Crippen molar-refractivity contribution in [1.29, 1.82) is 5.26 Å². The van der Waals surface area contributed by atoms with E-state index in [9.17, 15) is 9.59 Å². The molecule has 0 atom stereocenters. The number of Topliss-reactive ketones (excluding diaryl/α,β-unsaturated/α-hetero) is 1. The number of unbranched alkanes of at least 4 members (excludes halogenated alkanes) is 1. The van der Waals surface area contributed by atoms with Crippen molar-refractivity contribution < 1.29 is 9.59 Å². The lowest BCUT2D eigenvalue weighted by Gasteiger charge is -2.06. The Kier molecular flexibility index (Phi) is 6.69. The standard InChI is InChI=1S/C14H16N2O2S/c1-11(17)12-5-4-6-13(9-12)16-14(18)10-19-8-3-2-7-15/h4-6,9H,2-3,8,10H2,1H3,(H,16,18). The van der Waals surface area contributed by atoms with Crippen LogP contribution in [0.5, 0.6) is 0 Å². The molecule has 0 unspecified atom stereocenters. The number of hydrogen-bond donors (Lipinski definition) is 1. The van der Waals surface area contributed by atoms with Gasteiger partial charge in [0.25, 0.3) is 0 Å². The van der Waals surface area contributed by atoms with Crippen molar-refractivity contribution in [2.45, 2.75) is 19.8 Å². The Hall–Kier alpha value is -1.80. The predicted molar refractivity (Wildman–Crippen MR) is 77.2 cm³/mol. The summed E-state index contributed by atoms with van der Waals surface area (Å²) in [5, 5.41) is 11.1. The second kappa shape index (κ2) is 8.33. The fourth-order valence-corrected chi connectivity index (χ4v) is 2.18. The number of anilines is 1. The minimum Gasteiger partial charge on any atom is -0.325 e. The number of benzene rings is 1. The number of ketones is 1. The second-order valence-electron chi connectivity index (χ2n) is 4.00. The summed E-state index contributed by atoms with van der Waals surface area (Å²) in [6.45, 7) is 1.49. The van der Waals surface area contributed by atoms with E-state index in [2.05, 4.69) is 11.4 Å². The van der Waals surface area contributed by atoms with E-state index >= 15 is 0 Å². The number of carbonyl (C=O) groups is 2. The second-order valence-corrected chi connectivity index (χ2v) is 5.10. The number of nitrogens with zero attached hydrogens (tertiary/aromatic N) is 1. The maximum atomic E-state index is 11.6. The van der Waals surface area contributed by atoms with Gasteiger partial charge in [-0.3, -0.25) is 9.59 Å². The molecule has 1 amide bonds. The third-order valence-electron chi connectivity index (χ3n) is 2.36. The van der Waals surface area contributed by atoms with Crippen LogP contribution in [-0.4, -0.2) is 23.2 Å². The minimum absolute atomic E-state index is 0.0259. The molecule has 0 saturated carbocycles. The molecule has 1 rings (SSSR count). The largest absolute Gasteiger partial charge is 0.325 e. The van der Waals surface area contributed by atoms with Crippen LogP contribution in [0.4, 0.5) is 5.69 Å². The molecule has 0 spiro atoms. The summed E-state index contributed by atoms with van der Waals surface area (Å²) in [6.07, 6.45) is 1.32. The molecular formula is C14H16N2O2S. The minimum atomic E-state index is -0.0948. The van der Waals surface area contributed by atoms with Crippen LogP contribution in [0.1, 0.15) is 30.1 Å². The third kappa shape index (κ3) is 6.07. The van der Waals surface area contributed by atoms with Gasteiger partial charge in [0.05, 0.1) is 11.8 Å². The molecule has 0 saturated heterocycles. The molecule has 0 aliphatic carbocycles. The van der Waals surface area contributed by atoms with Gasteiger partial charge < -0.3 is 5.32 Å². The molecule has 0 aliphatic rings. The van der Waals surface area contributed by atoms with Crippen molar-refractivity contribution in [3.8, 4) is 6.07 Å². The van der Waals surface area contributed by atoms with Gasteiger partial charge >= 0.3 is 0 Å².